The van der Waals surface area contributed by atoms with Crippen molar-refractivity contribution in [2.45, 2.75) is 34.5 Å². The lowest BCUT2D eigenvalue weighted by molar-refractivity contribution is -0.384. The fourth-order valence-corrected chi connectivity index (χ4v) is 8.46. The molecule has 0 saturated carbocycles. The van der Waals surface area contributed by atoms with Gasteiger partial charge in [0.2, 0.25) is 26.3 Å². The van der Waals surface area contributed by atoms with Crippen molar-refractivity contribution in [3.63, 3.8) is 0 Å². The number of nitro benzene ring substituents is 1. The number of aromatic nitrogens is 12. The molecule has 0 radical (unpaired) electrons. The first kappa shape index (κ1) is 61.6. The number of methoxy groups -OCH3 is 4. The third-order valence-electron chi connectivity index (χ3n) is 9.80. The average molecular weight is 1180 g/mol. The van der Waals surface area contributed by atoms with Crippen molar-refractivity contribution in [1.82, 2.24) is 60.7 Å². The second kappa shape index (κ2) is 30.1. The van der Waals surface area contributed by atoms with E-state index < -0.39 is 28.8 Å². The highest BCUT2D eigenvalue weighted by atomic mass is 32.2. The summed E-state index contributed by atoms with van der Waals surface area (Å²) < 4.78 is 21.2. The van der Waals surface area contributed by atoms with Gasteiger partial charge in [-0.05, 0) is 37.6 Å². The summed E-state index contributed by atoms with van der Waals surface area (Å²) in [6, 6.07) is 21.0. The third-order valence-corrected chi connectivity index (χ3v) is 13.1. The summed E-state index contributed by atoms with van der Waals surface area (Å²) >= 11 is 4.06. The van der Waals surface area contributed by atoms with Gasteiger partial charge in [-0.3, -0.25) is 49.7 Å². The normalized spacial score (nSPS) is 10.4. The number of carbonyl (C=O) groups is 4. The molecule has 4 aromatic carbocycles. The molecule has 4 aromatic heterocycles. The van der Waals surface area contributed by atoms with Crippen molar-refractivity contribution in [2.24, 2.45) is 0 Å². The number of thioether (sulfide) groups is 4. The maximum Gasteiger partial charge on any atom is 0.313 e. The van der Waals surface area contributed by atoms with Gasteiger partial charge < -0.3 is 44.6 Å². The van der Waals surface area contributed by atoms with Gasteiger partial charge in [0.1, 0.15) is 23.8 Å². The van der Waals surface area contributed by atoms with Gasteiger partial charge >= 0.3 is 23.9 Å². The number of aromatic amines is 4. The van der Waals surface area contributed by atoms with Crippen LogP contribution >= 0.6 is 47.0 Å². The molecule has 0 atom stereocenters. The van der Waals surface area contributed by atoms with Crippen LogP contribution in [-0.2, 0) is 19.2 Å². The van der Waals surface area contributed by atoms with Crippen molar-refractivity contribution in [2.75, 3.05) is 51.5 Å². The van der Waals surface area contributed by atoms with Crippen LogP contribution in [-0.4, -0.2) is 173 Å². The number of carboxylic acid groups (broad SMARTS) is 4. The smallest absolute Gasteiger partial charge is 0.313 e. The van der Waals surface area contributed by atoms with Crippen LogP contribution in [0, 0.1) is 29.2 Å². The van der Waals surface area contributed by atoms with E-state index in [1.165, 1.54) is 39.5 Å². The van der Waals surface area contributed by atoms with Crippen molar-refractivity contribution in [1.29, 1.82) is 0 Å². The number of aliphatic carboxylic acids is 4. The number of hydrogen-bond acceptors (Lipinski definition) is 23. The first-order valence-corrected chi connectivity index (χ1v) is 26.3. The molecule has 0 spiro atoms. The van der Waals surface area contributed by atoms with Crippen molar-refractivity contribution in [3.8, 4) is 68.5 Å². The molecular weight excluding hydrogens is 1130 g/mol. The highest BCUT2D eigenvalue weighted by Gasteiger charge is 2.24. The molecular formula is C47H48N14O15S4. The van der Waals surface area contributed by atoms with Crippen LogP contribution < -0.4 is 18.9 Å². The van der Waals surface area contributed by atoms with E-state index in [-0.39, 0.29) is 51.0 Å². The second-order valence-electron chi connectivity index (χ2n) is 15.4. The van der Waals surface area contributed by atoms with Gasteiger partial charge in [-0.15, -0.1) is 20.4 Å². The summed E-state index contributed by atoms with van der Waals surface area (Å²) in [6.45, 7) is 7.20. The van der Waals surface area contributed by atoms with E-state index in [4.69, 9.17) is 39.4 Å². The summed E-state index contributed by atoms with van der Waals surface area (Å²) in [5, 5.41) is 84.7. The number of nitrogens with zero attached hydrogens (tertiary/aromatic N) is 10. The standard InChI is InChI=1S/C12H12N4O6S.C12H12N4O4S.C12H13N3O3S.C11H11N3O2S/c1-21-8-3-6(7(16(19)20)4-9(8)22-2)11-13-12(15-14-11)23-5-10(17)18;1-16(19)7-3-4-8(9(5-7)20-2)11-13-12(15-14-11)21-6-10(17)18;1-7-4-3-5-8(10(7)18-2)11-13-12(15-14-11)19-6-9(16)17;1-7-3-2-4-8(5-7)10-12-11(14-13-10)17-6-9(15)16/h3-4H,5H2,1-2H3,(H,17,18)(H,13,14,15);3-5H,1,6H2,2H3,(H,17,18)(H,13,14,15);3-5H,6H2,1-2H3,(H,16,17)(H,13,14,15);2-5H,6H2,1H3,(H,15,16)(H,12,13,14). The number of rotatable bonds is 22. The van der Waals surface area contributed by atoms with Crippen LogP contribution in [0.2, 0.25) is 0 Å². The Morgan fingerprint density at radius 1 is 0.537 bits per heavy atom. The average Bonchev–Trinajstić information content (AvgIpc) is 4.30. The first-order chi connectivity index (χ1) is 38.2. The Kier molecular flexibility index (Phi) is 23.2. The van der Waals surface area contributed by atoms with Crippen molar-refractivity contribution < 1.29 is 68.2 Å². The lowest BCUT2D eigenvalue weighted by Crippen LogP contribution is -1.98. The van der Waals surface area contributed by atoms with E-state index in [2.05, 4.69) is 67.4 Å². The highest BCUT2D eigenvalue weighted by molar-refractivity contribution is 8.00. The Bertz CT molecular complexity index is 3460. The Morgan fingerprint density at radius 3 is 1.41 bits per heavy atom. The number of H-pyrrole nitrogens is 4. The number of hydrogen-bond donors (Lipinski definition) is 8. The monoisotopic (exact) mass is 1180 g/mol. The van der Waals surface area contributed by atoms with E-state index in [0.29, 0.717) is 60.4 Å². The molecule has 8 N–H and O–H groups in total. The van der Waals surface area contributed by atoms with Gasteiger partial charge in [-0.1, -0.05) is 82.9 Å². The fourth-order valence-electron chi connectivity index (χ4n) is 6.38. The number of nitro groups is 1. The van der Waals surface area contributed by atoms with E-state index in [1.54, 1.807) is 19.2 Å². The van der Waals surface area contributed by atoms with Gasteiger partial charge in [-0.2, -0.15) is 4.74 Å². The zero-order valence-electron chi connectivity index (χ0n) is 42.8. The topological polar surface area (TPSA) is 422 Å². The molecule has 33 heteroatoms. The maximum absolute atomic E-state index is 11.2. The number of para-hydroxylation sites is 1. The van der Waals surface area contributed by atoms with E-state index in [9.17, 15) is 34.5 Å². The van der Waals surface area contributed by atoms with Crippen molar-refractivity contribution in [3.05, 3.63) is 99.2 Å². The Hall–Kier alpha value is -9.21. The van der Waals surface area contributed by atoms with Crippen LogP contribution in [0.25, 0.3) is 45.6 Å². The number of ether oxygens (including phenoxy) is 4. The van der Waals surface area contributed by atoms with Crippen LogP contribution in [0.5, 0.6) is 23.0 Å². The van der Waals surface area contributed by atoms with Gasteiger partial charge in [-0.25, -0.2) is 19.9 Å². The molecule has 0 amide bonds. The van der Waals surface area contributed by atoms with E-state index in [1.807, 2.05) is 56.3 Å². The van der Waals surface area contributed by atoms with Crippen LogP contribution in [0.15, 0.2) is 93.4 Å². The van der Waals surface area contributed by atoms with E-state index in [0.717, 1.165) is 75.1 Å². The summed E-state index contributed by atoms with van der Waals surface area (Å²) in [5.74, 6) is -0.741. The molecule has 0 unspecified atom stereocenters. The third kappa shape index (κ3) is 18.2. The number of nitrogens with one attached hydrogen (secondary N) is 4. The van der Waals surface area contributed by atoms with Crippen LogP contribution in [0.4, 0.5) is 11.4 Å². The molecule has 8 aromatic rings. The lowest BCUT2D eigenvalue weighted by Gasteiger charge is -2.09. The Morgan fingerprint density at radius 2 is 0.975 bits per heavy atom. The molecule has 0 aliphatic heterocycles. The molecule has 0 aliphatic carbocycles. The summed E-state index contributed by atoms with van der Waals surface area (Å²) in [4.78, 5) is 69.3. The number of carboxylic acids is 4. The van der Waals surface area contributed by atoms with E-state index >= 15 is 0 Å². The SMILES string of the molecule is C=[N+]([O-])c1ccc(-c2nc(SCC(=O)O)n[nH]2)c(OC)c1.COc1c(C)cccc1-c1nc(SCC(=O)O)n[nH]1.COc1cc(-c2nc(SCC(=O)O)n[nH]2)c([N+](=O)[O-])cc1OC.Cc1cccc(-c2nc(SCC(=O)O)n[nH]2)c1. The maximum atomic E-state index is 11.2. The van der Waals surface area contributed by atoms with Gasteiger partial charge in [0.05, 0.1) is 79.6 Å². The quantitative estimate of drug-likeness (QED) is 0.00845. The molecule has 29 nitrogen and oxygen atoms in total. The number of benzene rings is 4. The van der Waals surface area contributed by atoms with Crippen LogP contribution in [0.1, 0.15) is 11.1 Å². The summed E-state index contributed by atoms with van der Waals surface area (Å²) in [5.41, 5.74) is 4.75. The minimum Gasteiger partial charge on any atom is -0.619 e. The lowest BCUT2D eigenvalue weighted by atomic mass is 10.1. The summed E-state index contributed by atoms with van der Waals surface area (Å²) in [7, 11) is 5.85. The minimum atomic E-state index is -1.02. The molecule has 0 bridgehead atoms. The predicted octanol–water partition coefficient (Wildman–Crippen LogP) is 7.00. The second-order valence-corrected chi connectivity index (χ2v) is 19.1. The molecule has 80 heavy (non-hydrogen) atoms. The minimum absolute atomic E-state index is 0.0366. The van der Waals surface area contributed by atoms with Crippen LogP contribution in [0.3, 0.4) is 0 Å². The largest absolute Gasteiger partial charge is 0.619 e. The van der Waals surface area contributed by atoms with Gasteiger partial charge in [0.25, 0.3) is 5.69 Å². The zero-order valence-corrected chi connectivity index (χ0v) is 46.1. The summed E-state index contributed by atoms with van der Waals surface area (Å²) in [6.07, 6.45) is 0. The molecule has 0 saturated heterocycles. The number of aryl methyl sites for hydroxylation is 2. The molecule has 0 aliphatic rings. The molecule has 0 fully saturated rings. The molecule has 4 heterocycles. The molecule has 8 rings (SSSR count). The highest BCUT2D eigenvalue weighted by Crippen LogP contribution is 2.39. The van der Waals surface area contributed by atoms with Crippen molar-refractivity contribution >= 4 is 89.0 Å². The zero-order chi connectivity index (χ0) is 58.5. The first-order valence-electron chi connectivity index (χ1n) is 22.4. The Balaban J connectivity index is 0.000000197. The fraction of sp³-hybridized carbons (Fsp3) is 0.213. The molecule has 420 valence electrons. The van der Waals surface area contributed by atoms with Gasteiger partial charge in [0.15, 0.2) is 34.8 Å². The van der Waals surface area contributed by atoms with Gasteiger partial charge in [0, 0.05) is 17.7 Å². The predicted molar refractivity (Wildman–Crippen MR) is 293 cm³/mol. The Labute approximate surface area is 469 Å².